The fraction of sp³-hybridized carbons (Fsp3) is 0.318. The Hall–Kier alpha value is -3.00. The normalized spacial score (nSPS) is 12.4. The molecule has 4 N–H and O–H groups in total. The molecule has 2 aromatic carbocycles. The Morgan fingerprint density at radius 2 is 1.53 bits per heavy atom. The minimum absolute atomic E-state index is 0.0873. The van der Waals surface area contributed by atoms with Gasteiger partial charge in [0.15, 0.2) is 0 Å². The van der Waals surface area contributed by atoms with Crippen molar-refractivity contribution < 1.29 is 19.1 Å². The van der Waals surface area contributed by atoms with E-state index in [1.165, 1.54) is 0 Å². The maximum atomic E-state index is 12.8. The van der Waals surface area contributed by atoms with E-state index in [1.54, 1.807) is 11.8 Å². The third-order valence-electron chi connectivity index (χ3n) is 4.37. The van der Waals surface area contributed by atoms with Crippen molar-refractivity contribution in [2.45, 2.75) is 31.5 Å². The van der Waals surface area contributed by atoms with E-state index < -0.39 is 30.0 Å². The number of carbonyl (C=O) groups is 3. The molecule has 2 rings (SSSR count). The van der Waals surface area contributed by atoms with Crippen LogP contribution in [0.25, 0.3) is 0 Å². The molecule has 0 bridgehead atoms. The molecule has 0 saturated heterocycles. The number of hydrogen-bond acceptors (Lipinski definition) is 5. The van der Waals surface area contributed by atoms with Crippen LogP contribution >= 0.6 is 11.8 Å². The van der Waals surface area contributed by atoms with Gasteiger partial charge in [-0.3, -0.25) is 9.59 Å². The highest BCUT2D eigenvalue weighted by Crippen LogP contribution is 2.07. The predicted molar refractivity (Wildman–Crippen MR) is 118 cm³/mol. The van der Waals surface area contributed by atoms with Crippen molar-refractivity contribution in [2.75, 3.05) is 12.0 Å². The monoisotopic (exact) mass is 429 g/mol. The first kappa shape index (κ1) is 23.3. The van der Waals surface area contributed by atoms with E-state index in [0.29, 0.717) is 12.2 Å². The molecule has 8 heteroatoms. The number of nitrogens with two attached hydrogens (primary N) is 1. The molecule has 160 valence electrons. The second kappa shape index (κ2) is 12.5. The minimum atomic E-state index is -0.910. The summed E-state index contributed by atoms with van der Waals surface area (Å²) in [5.74, 6) is -0.424. The molecule has 7 nitrogen and oxygen atoms in total. The minimum Gasteiger partial charge on any atom is -0.445 e. The summed E-state index contributed by atoms with van der Waals surface area (Å²) < 4.78 is 5.24. The molecule has 30 heavy (non-hydrogen) atoms. The Kier molecular flexibility index (Phi) is 9.73. The van der Waals surface area contributed by atoms with Crippen LogP contribution < -0.4 is 16.4 Å². The van der Waals surface area contributed by atoms with Gasteiger partial charge in [0.1, 0.15) is 18.7 Å². The van der Waals surface area contributed by atoms with Gasteiger partial charge in [-0.25, -0.2) is 4.79 Å². The van der Waals surface area contributed by atoms with Crippen LogP contribution in [0.5, 0.6) is 0 Å². The third-order valence-corrected chi connectivity index (χ3v) is 5.02. The molecule has 3 amide bonds. The van der Waals surface area contributed by atoms with Gasteiger partial charge in [-0.2, -0.15) is 11.8 Å². The molecule has 0 radical (unpaired) electrons. The lowest BCUT2D eigenvalue weighted by Gasteiger charge is -2.22. The summed E-state index contributed by atoms with van der Waals surface area (Å²) in [5.41, 5.74) is 7.11. The van der Waals surface area contributed by atoms with Crippen molar-refractivity contribution in [1.82, 2.24) is 10.6 Å². The highest BCUT2D eigenvalue weighted by molar-refractivity contribution is 7.98. The number of amides is 3. The van der Waals surface area contributed by atoms with Gasteiger partial charge in [-0.15, -0.1) is 0 Å². The van der Waals surface area contributed by atoms with E-state index in [4.69, 9.17) is 10.5 Å². The lowest BCUT2D eigenvalue weighted by Crippen LogP contribution is -2.53. The van der Waals surface area contributed by atoms with E-state index in [9.17, 15) is 14.4 Å². The van der Waals surface area contributed by atoms with Crippen LogP contribution in [0.1, 0.15) is 17.5 Å². The highest BCUT2D eigenvalue weighted by atomic mass is 32.2. The summed E-state index contributed by atoms with van der Waals surface area (Å²) in [6, 6.07) is 16.8. The average Bonchev–Trinajstić information content (AvgIpc) is 2.76. The summed E-state index contributed by atoms with van der Waals surface area (Å²) >= 11 is 1.55. The van der Waals surface area contributed by atoms with Crippen LogP contribution in [0.15, 0.2) is 60.7 Å². The molecule has 0 fully saturated rings. The van der Waals surface area contributed by atoms with Crippen LogP contribution in [-0.2, 0) is 27.4 Å². The smallest absolute Gasteiger partial charge is 0.408 e. The molecule has 0 aromatic heterocycles. The van der Waals surface area contributed by atoms with Crippen molar-refractivity contribution in [2.24, 2.45) is 5.73 Å². The molecule has 0 aliphatic carbocycles. The summed E-state index contributed by atoms with van der Waals surface area (Å²) in [6.07, 6.45) is 1.86. The van der Waals surface area contributed by atoms with E-state index in [1.807, 2.05) is 66.9 Å². The van der Waals surface area contributed by atoms with E-state index >= 15 is 0 Å². The topological polar surface area (TPSA) is 111 Å². The predicted octanol–water partition coefficient (Wildman–Crippen LogP) is 2.25. The summed E-state index contributed by atoms with van der Waals surface area (Å²) in [6.45, 7) is 0.0873. The molecule has 0 spiro atoms. The first-order valence-corrected chi connectivity index (χ1v) is 11.0. The Bertz CT molecular complexity index is 818. The SMILES string of the molecule is CSCC[C@H](NC(=O)[C@H](Cc1ccccc1)NC(=O)OCc1ccccc1)C(N)=O. The molecule has 0 aliphatic rings. The van der Waals surface area contributed by atoms with Gasteiger partial charge < -0.3 is 21.1 Å². The van der Waals surface area contributed by atoms with Gasteiger partial charge in [0.2, 0.25) is 11.8 Å². The first-order chi connectivity index (χ1) is 14.5. The van der Waals surface area contributed by atoms with Crippen LogP contribution in [0, 0.1) is 0 Å². The first-order valence-electron chi connectivity index (χ1n) is 9.59. The Morgan fingerprint density at radius 1 is 0.933 bits per heavy atom. The van der Waals surface area contributed by atoms with Gasteiger partial charge in [0.25, 0.3) is 0 Å². The van der Waals surface area contributed by atoms with Crippen LogP contribution in [0.4, 0.5) is 4.79 Å². The zero-order chi connectivity index (χ0) is 21.8. The largest absolute Gasteiger partial charge is 0.445 e. The fourth-order valence-electron chi connectivity index (χ4n) is 2.76. The number of ether oxygens (including phenoxy) is 1. The van der Waals surface area contributed by atoms with Gasteiger partial charge in [0.05, 0.1) is 0 Å². The van der Waals surface area contributed by atoms with Gasteiger partial charge in [-0.05, 0) is 29.6 Å². The molecule has 0 aliphatic heterocycles. The molecule has 2 atom stereocenters. The summed E-state index contributed by atoms with van der Waals surface area (Å²) in [7, 11) is 0. The van der Waals surface area contributed by atoms with Crippen molar-refractivity contribution in [3.63, 3.8) is 0 Å². The highest BCUT2D eigenvalue weighted by Gasteiger charge is 2.26. The van der Waals surface area contributed by atoms with Gasteiger partial charge in [0, 0.05) is 6.42 Å². The van der Waals surface area contributed by atoms with E-state index in [2.05, 4.69) is 10.6 Å². The van der Waals surface area contributed by atoms with E-state index in [0.717, 1.165) is 11.1 Å². The van der Waals surface area contributed by atoms with Gasteiger partial charge >= 0.3 is 6.09 Å². The number of hydrogen-bond donors (Lipinski definition) is 3. The Morgan fingerprint density at radius 3 is 2.10 bits per heavy atom. The molecule has 0 heterocycles. The maximum absolute atomic E-state index is 12.8. The maximum Gasteiger partial charge on any atom is 0.408 e. The lowest BCUT2D eigenvalue weighted by atomic mass is 10.0. The molecule has 0 unspecified atom stereocenters. The Balaban J connectivity index is 2.04. The third kappa shape index (κ3) is 8.16. The van der Waals surface area contributed by atoms with Crippen molar-refractivity contribution >= 4 is 29.7 Å². The number of nitrogens with one attached hydrogen (secondary N) is 2. The zero-order valence-corrected chi connectivity index (χ0v) is 17.7. The van der Waals surface area contributed by atoms with Crippen LogP contribution in [0.3, 0.4) is 0 Å². The van der Waals surface area contributed by atoms with Gasteiger partial charge in [-0.1, -0.05) is 60.7 Å². The van der Waals surface area contributed by atoms with Crippen molar-refractivity contribution in [3.05, 3.63) is 71.8 Å². The average molecular weight is 430 g/mol. The summed E-state index contributed by atoms with van der Waals surface area (Å²) in [4.78, 5) is 36.8. The lowest BCUT2D eigenvalue weighted by molar-refractivity contribution is -0.128. The van der Waals surface area contributed by atoms with Crippen molar-refractivity contribution in [3.8, 4) is 0 Å². The van der Waals surface area contributed by atoms with E-state index in [-0.39, 0.29) is 13.0 Å². The number of benzene rings is 2. The number of primary amides is 1. The zero-order valence-electron chi connectivity index (χ0n) is 16.9. The molecule has 0 saturated carbocycles. The quantitative estimate of drug-likeness (QED) is 0.507. The molecule has 2 aromatic rings. The second-order valence-corrected chi connectivity index (χ2v) is 7.68. The fourth-order valence-corrected chi connectivity index (χ4v) is 3.23. The number of carbonyl (C=O) groups excluding carboxylic acids is 3. The summed E-state index contributed by atoms with van der Waals surface area (Å²) in [5, 5.41) is 5.26. The number of alkyl carbamates (subject to hydrolysis) is 1. The second-order valence-electron chi connectivity index (χ2n) is 6.69. The molecular weight excluding hydrogens is 402 g/mol. The van der Waals surface area contributed by atoms with Crippen LogP contribution in [0.2, 0.25) is 0 Å². The van der Waals surface area contributed by atoms with Crippen molar-refractivity contribution in [1.29, 1.82) is 0 Å². The van der Waals surface area contributed by atoms with Crippen LogP contribution in [-0.4, -0.2) is 42.0 Å². The number of thioether (sulfide) groups is 1. The molecular formula is C22H27N3O4S. The number of rotatable bonds is 11. The standard InChI is InChI=1S/C22H27N3O4S/c1-30-13-12-18(20(23)26)24-21(27)19(14-16-8-4-2-5-9-16)25-22(28)29-15-17-10-6-3-7-11-17/h2-11,18-19H,12-15H2,1H3,(H2,23,26)(H,24,27)(H,25,28)/t18-,19-/m0/s1. The Labute approximate surface area is 180 Å².